The molecule has 0 aliphatic heterocycles. The highest BCUT2D eigenvalue weighted by Gasteiger charge is 2.13. The summed E-state index contributed by atoms with van der Waals surface area (Å²) in [5.41, 5.74) is 2.29. The molecule has 1 N–H and O–H groups in total. The number of fused-ring (bicyclic) bond motifs is 1. The van der Waals surface area contributed by atoms with Crippen LogP contribution >= 0.6 is 0 Å². The summed E-state index contributed by atoms with van der Waals surface area (Å²) in [6.07, 6.45) is 0. The van der Waals surface area contributed by atoms with Gasteiger partial charge in [-0.25, -0.2) is 13.5 Å². The molecule has 0 aliphatic carbocycles. The third kappa shape index (κ3) is 2.60. The van der Waals surface area contributed by atoms with Gasteiger partial charge in [0.15, 0.2) is 0 Å². The smallest absolute Gasteiger partial charge is 0.142 e. The Balaban J connectivity index is 1.86. The highest BCUT2D eigenvalue weighted by molar-refractivity contribution is 5.92. The SMILES string of the molecule is Fc1ccc(Nc2c3ccccc3nn2-c2ccc(F)cc2)cc1. The highest BCUT2D eigenvalue weighted by Crippen LogP contribution is 2.29. The molecule has 0 unspecified atom stereocenters. The number of hydrogen-bond donors (Lipinski definition) is 1. The summed E-state index contributed by atoms with van der Waals surface area (Å²) in [5.74, 6) is 0.143. The molecular weight excluding hydrogens is 308 g/mol. The minimum Gasteiger partial charge on any atom is -0.340 e. The number of halogens is 2. The van der Waals surface area contributed by atoms with Gasteiger partial charge in [0, 0.05) is 11.1 Å². The normalized spacial score (nSPS) is 10.9. The van der Waals surface area contributed by atoms with E-state index in [-0.39, 0.29) is 11.6 Å². The fourth-order valence-electron chi connectivity index (χ4n) is 2.59. The van der Waals surface area contributed by atoms with Crippen molar-refractivity contribution in [3.05, 3.63) is 84.4 Å². The molecule has 24 heavy (non-hydrogen) atoms. The average molecular weight is 321 g/mol. The zero-order valence-electron chi connectivity index (χ0n) is 12.6. The van der Waals surface area contributed by atoms with Crippen LogP contribution in [0.25, 0.3) is 16.6 Å². The van der Waals surface area contributed by atoms with E-state index >= 15 is 0 Å². The van der Waals surface area contributed by atoms with Crippen molar-refractivity contribution in [2.24, 2.45) is 0 Å². The molecule has 3 nitrogen and oxygen atoms in total. The molecule has 0 saturated carbocycles. The van der Waals surface area contributed by atoms with E-state index in [4.69, 9.17) is 0 Å². The van der Waals surface area contributed by atoms with E-state index in [0.29, 0.717) is 0 Å². The van der Waals surface area contributed by atoms with Crippen molar-refractivity contribution >= 4 is 22.4 Å². The second-order valence-electron chi connectivity index (χ2n) is 5.39. The predicted molar refractivity (Wildman–Crippen MR) is 90.7 cm³/mol. The van der Waals surface area contributed by atoms with E-state index in [1.807, 2.05) is 24.3 Å². The van der Waals surface area contributed by atoms with Crippen molar-refractivity contribution in [1.29, 1.82) is 0 Å². The van der Waals surface area contributed by atoms with Crippen LogP contribution in [0.1, 0.15) is 0 Å². The molecule has 0 aliphatic rings. The number of nitrogens with zero attached hydrogens (tertiary/aromatic N) is 2. The van der Waals surface area contributed by atoms with Crippen LogP contribution in [0.4, 0.5) is 20.3 Å². The van der Waals surface area contributed by atoms with Crippen LogP contribution in [0.3, 0.4) is 0 Å². The summed E-state index contributed by atoms with van der Waals surface area (Å²) in [6, 6.07) is 19.9. The number of rotatable bonds is 3. The topological polar surface area (TPSA) is 29.9 Å². The molecule has 4 rings (SSSR count). The van der Waals surface area contributed by atoms with Gasteiger partial charge < -0.3 is 5.32 Å². The van der Waals surface area contributed by atoms with Crippen LogP contribution in [0.2, 0.25) is 0 Å². The molecule has 0 saturated heterocycles. The van der Waals surface area contributed by atoms with Crippen molar-refractivity contribution in [3.8, 4) is 5.69 Å². The van der Waals surface area contributed by atoms with Gasteiger partial charge in [0.1, 0.15) is 17.5 Å². The predicted octanol–water partition coefficient (Wildman–Crippen LogP) is 5.05. The second kappa shape index (κ2) is 5.77. The van der Waals surface area contributed by atoms with Gasteiger partial charge in [0.2, 0.25) is 0 Å². The third-order valence-electron chi connectivity index (χ3n) is 3.76. The zero-order valence-corrected chi connectivity index (χ0v) is 12.6. The van der Waals surface area contributed by atoms with Crippen molar-refractivity contribution in [2.75, 3.05) is 5.32 Å². The van der Waals surface area contributed by atoms with Gasteiger partial charge in [0.05, 0.1) is 11.2 Å². The standard InChI is InChI=1S/C19H13F2N3/c20-13-5-9-15(10-6-13)22-19-17-3-1-2-4-18(17)23-24(19)16-11-7-14(21)8-12-16/h1-12,22H. The Morgan fingerprint density at radius 3 is 2.08 bits per heavy atom. The lowest BCUT2D eigenvalue weighted by Crippen LogP contribution is -2.02. The Labute approximate surface area is 137 Å². The summed E-state index contributed by atoms with van der Waals surface area (Å²) in [6.45, 7) is 0. The van der Waals surface area contributed by atoms with Crippen molar-refractivity contribution in [3.63, 3.8) is 0 Å². The maximum Gasteiger partial charge on any atom is 0.142 e. The molecule has 0 bridgehead atoms. The summed E-state index contributed by atoms with van der Waals surface area (Å²) in [5, 5.41) is 8.78. The van der Waals surface area contributed by atoms with E-state index in [9.17, 15) is 8.78 Å². The van der Waals surface area contributed by atoms with Gasteiger partial charge >= 0.3 is 0 Å². The molecule has 0 atom stereocenters. The van der Waals surface area contributed by atoms with Crippen molar-refractivity contribution < 1.29 is 8.78 Å². The van der Waals surface area contributed by atoms with Crippen LogP contribution < -0.4 is 5.32 Å². The van der Waals surface area contributed by atoms with E-state index in [1.54, 1.807) is 28.9 Å². The van der Waals surface area contributed by atoms with Gasteiger partial charge in [-0.3, -0.25) is 0 Å². The first kappa shape index (κ1) is 14.4. The van der Waals surface area contributed by atoms with Gasteiger partial charge in [0.25, 0.3) is 0 Å². The molecule has 0 fully saturated rings. The Hall–Kier alpha value is -3.21. The molecule has 4 aromatic rings. The maximum atomic E-state index is 13.2. The molecule has 3 aromatic carbocycles. The van der Waals surface area contributed by atoms with Gasteiger partial charge in [-0.1, -0.05) is 12.1 Å². The summed E-state index contributed by atoms with van der Waals surface area (Å²) in [7, 11) is 0. The van der Waals surface area contributed by atoms with E-state index < -0.39 is 0 Å². The monoisotopic (exact) mass is 321 g/mol. The summed E-state index contributed by atoms with van der Waals surface area (Å²) >= 11 is 0. The van der Waals surface area contributed by atoms with Crippen LogP contribution in [0.5, 0.6) is 0 Å². The Kier molecular flexibility index (Phi) is 3.46. The molecule has 1 heterocycles. The second-order valence-corrected chi connectivity index (χ2v) is 5.39. The van der Waals surface area contributed by atoms with Crippen molar-refractivity contribution in [2.45, 2.75) is 0 Å². The highest BCUT2D eigenvalue weighted by atomic mass is 19.1. The molecule has 0 radical (unpaired) electrons. The summed E-state index contributed by atoms with van der Waals surface area (Å²) < 4.78 is 28.0. The Morgan fingerprint density at radius 2 is 1.38 bits per heavy atom. The fraction of sp³-hybridized carbons (Fsp3) is 0. The van der Waals surface area contributed by atoms with Crippen LogP contribution in [-0.2, 0) is 0 Å². The summed E-state index contributed by atoms with van der Waals surface area (Å²) in [4.78, 5) is 0. The maximum absolute atomic E-state index is 13.2. The largest absolute Gasteiger partial charge is 0.340 e. The molecule has 0 amide bonds. The number of hydrogen-bond acceptors (Lipinski definition) is 2. The molecule has 118 valence electrons. The average Bonchev–Trinajstić information content (AvgIpc) is 2.96. The number of nitrogens with one attached hydrogen (secondary N) is 1. The first-order valence-corrected chi connectivity index (χ1v) is 7.47. The first-order chi connectivity index (χ1) is 11.7. The first-order valence-electron chi connectivity index (χ1n) is 7.47. The minimum atomic E-state index is -0.302. The van der Waals surface area contributed by atoms with Crippen LogP contribution in [0.15, 0.2) is 72.8 Å². The third-order valence-corrected chi connectivity index (χ3v) is 3.76. The van der Waals surface area contributed by atoms with Crippen molar-refractivity contribution in [1.82, 2.24) is 9.78 Å². The number of benzene rings is 3. The molecular formula is C19H13F2N3. The molecule has 0 spiro atoms. The lowest BCUT2D eigenvalue weighted by atomic mass is 10.2. The lowest BCUT2D eigenvalue weighted by Gasteiger charge is -2.10. The van der Waals surface area contributed by atoms with E-state index in [0.717, 1.165) is 28.1 Å². The quantitative estimate of drug-likeness (QED) is 0.572. The molecule has 5 heteroatoms. The number of aromatic nitrogens is 2. The Bertz CT molecular complexity index is 989. The van der Waals surface area contributed by atoms with E-state index in [1.165, 1.54) is 24.3 Å². The minimum absolute atomic E-state index is 0.294. The zero-order chi connectivity index (χ0) is 16.5. The fourth-order valence-corrected chi connectivity index (χ4v) is 2.59. The van der Waals surface area contributed by atoms with E-state index in [2.05, 4.69) is 10.4 Å². The van der Waals surface area contributed by atoms with Gasteiger partial charge in [-0.15, -0.1) is 0 Å². The van der Waals surface area contributed by atoms with Crippen LogP contribution in [0, 0.1) is 11.6 Å². The lowest BCUT2D eigenvalue weighted by molar-refractivity contribution is 0.627. The number of anilines is 2. The molecule has 1 aromatic heterocycles. The van der Waals surface area contributed by atoms with Crippen LogP contribution in [-0.4, -0.2) is 9.78 Å². The van der Waals surface area contributed by atoms with Gasteiger partial charge in [-0.2, -0.15) is 5.10 Å². The Morgan fingerprint density at radius 1 is 0.750 bits per heavy atom. The van der Waals surface area contributed by atoms with Gasteiger partial charge in [-0.05, 0) is 60.7 Å².